The Hall–Kier alpha value is -1.49. The normalized spacial score (nSPS) is 16.9. The average Bonchev–Trinajstić information content (AvgIpc) is 2.54. The molecule has 0 atom stereocenters. The van der Waals surface area contributed by atoms with Crippen LogP contribution in [0.1, 0.15) is 11.5 Å². The molecule has 1 fully saturated rings. The van der Waals surface area contributed by atoms with E-state index in [0.29, 0.717) is 5.92 Å². The van der Waals surface area contributed by atoms with Crippen molar-refractivity contribution >= 4 is 5.65 Å². The lowest BCUT2D eigenvalue weighted by Crippen LogP contribution is -2.43. The Morgan fingerprint density at radius 2 is 2.27 bits per heavy atom. The van der Waals surface area contributed by atoms with Crippen LogP contribution in [0.25, 0.3) is 5.65 Å². The first-order chi connectivity index (χ1) is 7.33. The lowest BCUT2D eigenvalue weighted by molar-refractivity contribution is 0.339. The summed E-state index contributed by atoms with van der Waals surface area (Å²) < 4.78 is 1.85. The van der Waals surface area contributed by atoms with Crippen molar-refractivity contribution in [3.05, 3.63) is 23.7 Å². The van der Waals surface area contributed by atoms with Crippen molar-refractivity contribution in [1.82, 2.24) is 25.1 Å². The van der Waals surface area contributed by atoms with Gasteiger partial charge in [0.25, 0.3) is 0 Å². The lowest BCUT2D eigenvalue weighted by Gasteiger charge is -2.25. The Bertz CT molecular complexity index is 486. The van der Waals surface area contributed by atoms with Gasteiger partial charge >= 0.3 is 0 Å². The van der Waals surface area contributed by atoms with Gasteiger partial charge in [0.2, 0.25) is 0 Å². The Morgan fingerprint density at radius 1 is 1.40 bits per heavy atom. The van der Waals surface area contributed by atoms with Crippen molar-refractivity contribution in [1.29, 1.82) is 0 Å². The third kappa shape index (κ3) is 1.48. The monoisotopic (exact) mass is 203 g/mol. The van der Waals surface area contributed by atoms with Gasteiger partial charge in [0, 0.05) is 6.42 Å². The highest BCUT2D eigenvalue weighted by Crippen LogP contribution is 2.11. The highest BCUT2D eigenvalue weighted by Gasteiger charge is 2.20. The summed E-state index contributed by atoms with van der Waals surface area (Å²) in [5, 5.41) is 16.0. The summed E-state index contributed by atoms with van der Waals surface area (Å²) in [7, 11) is 0. The summed E-state index contributed by atoms with van der Waals surface area (Å²) in [5.41, 5.74) is 1.83. The minimum Gasteiger partial charge on any atom is -0.316 e. The minimum atomic E-state index is 0.694. The smallest absolute Gasteiger partial charge is 0.177 e. The minimum absolute atomic E-state index is 0.694. The van der Waals surface area contributed by atoms with Gasteiger partial charge in [-0.05, 0) is 38.1 Å². The van der Waals surface area contributed by atoms with Crippen LogP contribution in [0.15, 0.2) is 12.1 Å². The number of aromatic nitrogens is 4. The number of rotatable bonds is 2. The highest BCUT2D eigenvalue weighted by molar-refractivity contribution is 5.36. The number of nitrogens with one attached hydrogen (secondary N) is 1. The second-order valence-electron chi connectivity index (χ2n) is 4.09. The van der Waals surface area contributed by atoms with Crippen LogP contribution in [-0.4, -0.2) is 32.9 Å². The Labute approximate surface area is 87.5 Å². The molecule has 1 saturated heterocycles. The number of hydrogen-bond acceptors (Lipinski definition) is 4. The summed E-state index contributed by atoms with van der Waals surface area (Å²) >= 11 is 0. The molecule has 3 heterocycles. The Kier molecular flexibility index (Phi) is 1.92. The van der Waals surface area contributed by atoms with Crippen molar-refractivity contribution < 1.29 is 0 Å². The molecule has 1 aliphatic heterocycles. The third-order valence-electron chi connectivity index (χ3n) is 2.80. The maximum absolute atomic E-state index is 4.42. The summed E-state index contributed by atoms with van der Waals surface area (Å²) in [4.78, 5) is 0. The van der Waals surface area contributed by atoms with Gasteiger partial charge in [0.05, 0.1) is 5.69 Å². The predicted octanol–water partition coefficient (Wildman–Crippen LogP) is 0.195. The fraction of sp³-hybridized carbons (Fsp3) is 0.500. The van der Waals surface area contributed by atoms with Crippen LogP contribution in [0.2, 0.25) is 0 Å². The van der Waals surface area contributed by atoms with Crippen LogP contribution < -0.4 is 5.32 Å². The fourth-order valence-electron chi connectivity index (χ4n) is 1.80. The van der Waals surface area contributed by atoms with E-state index in [1.54, 1.807) is 0 Å². The molecule has 15 heavy (non-hydrogen) atoms. The van der Waals surface area contributed by atoms with E-state index in [4.69, 9.17) is 0 Å². The zero-order valence-electron chi connectivity index (χ0n) is 8.64. The van der Waals surface area contributed by atoms with Crippen LogP contribution in [0.3, 0.4) is 0 Å². The van der Waals surface area contributed by atoms with Gasteiger partial charge in [0.1, 0.15) is 0 Å². The second kappa shape index (κ2) is 3.27. The van der Waals surface area contributed by atoms with E-state index < -0.39 is 0 Å². The summed E-state index contributed by atoms with van der Waals surface area (Å²) in [5.74, 6) is 1.67. The van der Waals surface area contributed by atoms with Crippen molar-refractivity contribution in [3.8, 4) is 0 Å². The first-order valence-corrected chi connectivity index (χ1v) is 5.21. The molecule has 0 bridgehead atoms. The van der Waals surface area contributed by atoms with Crippen LogP contribution in [0.5, 0.6) is 0 Å². The second-order valence-corrected chi connectivity index (χ2v) is 4.09. The zero-order chi connectivity index (χ0) is 10.3. The van der Waals surface area contributed by atoms with Crippen LogP contribution in [0, 0.1) is 12.8 Å². The summed E-state index contributed by atoms with van der Waals surface area (Å²) in [6, 6.07) is 3.91. The first kappa shape index (κ1) is 8.79. The lowest BCUT2D eigenvalue weighted by atomic mass is 9.99. The van der Waals surface area contributed by atoms with Crippen LogP contribution >= 0.6 is 0 Å². The van der Waals surface area contributed by atoms with Crippen molar-refractivity contribution in [2.75, 3.05) is 13.1 Å². The molecule has 2 aromatic rings. The maximum atomic E-state index is 4.42. The van der Waals surface area contributed by atoms with E-state index in [2.05, 4.69) is 20.6 Å². The van der Waals surface area contributed by atoms with E-state index in [-0.39, 0.29) is 0 Å². The van der Waals surface area contributed by atoms with Gasteiger partial charge in [-0.3, -0.25) is 0 Å². The van der Waals surface area contributed by atoms with Gasteiger partial charge in [-0.25, -0.2) is 0 Å². The highest BCUT2D eigenvalue weighted by atomic mass is 15.4. The van der Waals surface area contributed by atoms with E-state index in [1.165, 1.54) is 0 Å². The summed E-state index contributed by atoms with van der Waals surface area (Å²) in [6.07, 6.45) is 0.963. The predicted molar refractivity (Wildman–Crippen MR) is 55.6 cm³/mol. The molecule has 78 valence electrons. The molecule has 5 heteroatoms. The van der Waals surface area contributed by atoms with Gasteiger partial charge in [0.15, 0.2) is 11.5 Å². The van der Waals surface area contributed by atoms with Crippen molar-refractivity contribution in [2.24, 2.45) is 5.92 Å². The SMILES string of the molecule is Cc1ccc2nnc(CC3CNC3)n2n1. The van der Waals surface area contributed by atoms with Crippen molar-refractivity contribution in [3.63, 3.8) is 0 Å². The van der Waals surface area contributed by atoms with Gasteiger partial charge in [-0.2, -0.15) is 9.61 Å². The molecule has 5 nitrogen and oxygen atoms in total. The van der Waals surface area contributed by atoms with E-state index in [9.17, 15) is 0 Å². The molecule has 1 N–H and O–H groups in total. The Morgan fingerprint density at radius 3 is 3.00 bits per heavy atom. The molecule has 1 aliphatic rings. The number of aryl methyl sites for hydroxylation is 1. The molecule has 0 saturated carbocycles. The first-order valence-electron chi connectivity index (χ1n) is 5.21. The number of nitrogens with zero attached hydrogens (tertiary/aromatic N) is 4. The molecular formula is C10H13N5. The standard InChI is InChI=1S/C10H13N5/c1-7-2-3-9-12-13-10(15(9)14-7)4-8-5-11-6-8/h2-3,8,11H,4-6H2,1H3. The summed E-state index contributed by atoms with van der Waals surface area (Å²) in [6.45, 7) is 4.15. The molecule has 0 spiro atoms. The molecule has 0 amide bonds. The molecule has 0 radical (unpaired) electrons. The molecule has 0 unspecified atom stereocenters. The largest absolute Gasteiger partial charge is 0.316 e. The van der Waals surface area contributed by atoms with Crippen LogP contribution in [-0.2, 0) is 6.42 Å². The molecule has 3 rings (SSSR count). The van der Waals surface area contributed by atoms with Gasteiger partial charge < -0.3 is 5.32 Å². The third-order valence-corrected chi connectivity index (χ3v) is 2.80. The van der Waals surface area contributed by atoms with Crippen molar-refractivity contribution in [2.45, 2.75) is 13.3 Å². The molecule has 0 aliphatic carbocycles. The maximum Gasteiger partial charge on any atom is 0.177 e. The van der Waals surface area contributed by atoms with Gasteiger partial charge in [-0.15, -0.1) is 10.2 Å². The van der Waals surface area contributed by atoms with E-state index in [0.717, 1.165) is 36.7 Å². The molecule has 2 aromatic heterocycles. The number of hydrogen-bond donors (Lipinski definition) is 1. The Balaban J connectivity index is 1.98. The average molecular weight is 203 g/mol. The van der Waals surface area contributed by atoms with E-state index >= 15 is 0 Å². The fourth-order valence-corrected chi connectivity index (χ4v) is 1.80. The topological polar surface area (TPSA) is 55.1 Å². The molecule has 0 aromatic carbocycles. The number of fused-ring (bicyclic) bond motifs is 1. The zero-order valence-corrected chi connectivity index (χ0v) is 8.64. The van der Waals surface area contributed by atoms with E-state index in [1.807, 2.05) is 23.6 Å². The quantitative estimate of drug-likeness (QED) is 0.757. The molecular weight excluding hydrogens is 190 g/mol. The van der Waals surface area contributed by atoms with Gasteiger partial charge in [-0.1, -0.05) is 0 Å². The van der Waals surface area contributed by atoms with Crippen LogP contribution in [0.4, 0.5) is 0 Å².